The quantitative estimate of drug-likeness (QED) is 0.801. The fraction of sp³-hybridized carbons (Fsp3) is 0.368. The molecule has 25 heavy (non-hydrogen) atoms. The molecule has 2 aromatic rings. The Balaban J connectivity index is 2.00. The van der Waals surface area contributed by atoms with Crippen molar-refractivity contribution in [2.24, 2.45) is 0 Å². The van der Waals surface area contributed by atoms with E-state index in [1.807, 2.05) is 74.7 Å². The molecule has 1 aliphatic heterocycles. The molecule has 1 heterocycles. The van der Waals surface area contributed by atoms with Gasteiger partial charge in [-0.1, -0.05) is 48.5 Å². The highest BCUT2D eigenvalue weighted by atomic mass is 28.4. The molecular formula is C19H26O4Si2. The number of hydrogen-bond donors (Lipinski definition) is 2. The van der Waals surface area contributed by atoms with Crippen LogP contribution in [-0.4, -0.2) is 39.4 Å². The summed E-state index contributed by atoms with van der Waals surface area (Å²) >= 11 is 0. The second-order valence-electron chi connectivity index (χ2n) is 7.59. The van der Waals surface area contributed by atoms with Crippen LogP contribution in [0.15, 0.2) is 48.5 Å². The maximum absolute atomic E-state index is 10.3. The van der Waals surface area contributed by atoms with Crippen LogP contribution in [0.1, 0.15) is 11.1 Å². The minimum absolute atomic E-state index is 0.532. The van der Waals surface area contributed by atoms with Crippen LogP contribution in [0.4, 0.5) is 0 Å². The number of ether oxygens (including phenoxy) is 2. The van der Waals surface area contributed by atoms with Crippen molar-refractivity contribution < 1.29 is 19.1 Å². The summed E-state index contributed by atoms with van der Waals surface area (Å²) in [7, 11) is -4.67. The summed E-state index contributed by atoms with van der Waals surface area (Å²) in [6, 6.07) is 15.8. The Bertz CT molecular complexity index is 663. The van der Waals surface area contributed by atoms with Crippen LogP contribution < -0.4 is 10.4 Å². The van der Waals surface area contributed by atoms with Crippen LogP contribution in [0.3, 0.4) is 0 Å². The van der Waals surface area contributed by atoms with Crippen molar-refractivity contribution >= 4 is 27.0 Å². The van der Waals surface area contributed by atoms with Gasteiger partial charge < -0.3 is 19.1 Å². The van der Waals surface area contributed by atoms with Crippen LogP contribution >= 0.6 is 0 Å². The zero-order valence-electron chi connectivity index (χ0n) is 15.2. The largest absolute Gasteiger partial charge is 0.428 e. The molecule has 0 spiro atoms. The lowest BCUT2D eigenvalue weighted by atomic mass is 9.97. The van der Waals surface area contributed by atoms with E-state index in [1.165, 1.54) is 0 Å². The number of benzene rings is 2. The van der Waals surface area contributed by atoms with Crippen molar-refractivity contribution in [1.82, 2.24) is 0 Å². The third-order valence-electron chi connectivity index (χ3n) is 4.64. The van der Waals surface area contributed by atoms with E-state index in [4.69, 9.17) is 9.47 Å². The maximum atomic E-state index is 10.3. The molecule has 1 aliphatic rings. The van der Waals surface area contributed by atoms with Gasteiger partial charge in [-0.15, -0.1) is 0 Å². The molecule has 1 fully saturated rings. The van der Waals surface area contributed by atoms with Crippen molar-refractivity contribution in [3.8, 4) is 0 Å². The van der Waals surface area contributed by atoms with Gasteiger partial charge in [-0.25, -0.2) is 0 Å². The summed E-state index contributed by atoms with van der Waals surface area (Å²) in [6.07, 6.45) is 0. The number of rotatable bonds is 4. The summed E-state index contributed by atoms with van der Waals surface area (Å²) in [5, 5.41) is 1.96. The molecule has 0 bridgehead atoms. The number of hydrogen-bond acceptors (Lipinski definition) is 4. The van der Waals surface area contributed by atoms with Crippen molar-refractivity contribution in [2.75, 3.05) is 13.2 Å². The highest BCUT2D eigenvalue weighted by Gasteiger charge is 2.41. The molecule has 2 aromatic carbocycles. The fourth-order valence-electron chi connectivity index (χ4n) is 3.11. The lowest BCUT2D eigenvalue weighted by Gasteiger charge is -2.29. The zero-order valence-corrected chi connectivity index (χ0v) is 17.2. The zero-order chi connectivity index (χ0) is 18.3. The van der Waals surface area contributed by atoms with E-state index in [0.717, 1.165) is 21.5 Å². The summed E-state index contributed by atoms with van der Waals surface area (Å²) in [5.74, 6) is -0.917. The van der Waals surface area contributed by atoms with Gasteiger partial charge in [0.15, 0.2) is 0 Å². The van der Waals surface area contributed by atoms with Gasteiger partial charge in [-0.05, 0) is 36.6 Å². The Labute approximate surface area is 151 Å². The molecule has 6 heteroatoms. The van der Waals surface area contributed by atoms with Gasteiger partial charge in [0.1, 0.15) is 0 Å². The second kappa shape index (κ2) is 6.46. The van der Waals surface area contributed by atoms with Gasteiger partial charge >= 0.3 is 0 Å². The molecule has 134 valence electrons. The first-order valence-electron chi connectivity index (χ1n) is 8.58. The monoisotopic (exact) mass is 374 g/mol. The van der Waals surface area contributed by atoms with E-state index in [0.29, 0.717) is 13.2 Å². The maximum Gasteiger partial charge on any atom is 0.222 e. The van der Waals surface area contributed by atoms with Crippen molar-refractivity contribution in [2.45, 2.75) is 32.0 Å². The van der Waals surface area contributed by atoms with Gasteiger partial charge in [0.05, 0.1) is 13.2 Å². The molecule has 1 saturated heterocycles. The van der Waals surface area contributed by atoms with E-state index in [-0.39, 0.29) is 0 Å². The minimum Gasteiger partial charge on any atom is -0.428 e. The Morgan fingerprint density at radius 3 is 1.28 bits per heavy atom. The predicted octanol–water partition coefficient (Wildman–Crippen LogP) is 1.74. The minimum atomic E-state index is -2.33. The molecule has 0 aliphatic carbocycles. The Kier molecular flexibility index (Phi) is 4.78. The molecule has 3 rings (SSSR count). The fourth-order valence-corrected chi connectivity index (χ4v) is 5.07. The van der Waals surface area contributed by atoms with Gasteiger partial charge in [0, 0.05) is 11.1 Å². The first kappa shape index (κ1) is 18.5. The first-order valence-corrected chi connectivity index (χ1v) is 14.5. The SMILES string of the molecule is C[Si](C)(O)c1ccc(C2(c3ccc([Si](C)(C)O)cc3)OCCO2)cc1. The molecular weight excluding hydrogens is 348 g/mol. The standard InChI is InChI=1S/C19H26O4Si2/c1-24(2,20)17-9-5-15(6-10-17)19(22-13-14-23-19)16-7-11-18(12-8-16)25(3,4)21/h5-12,20-21H,13-14H2,1-4H3. The molecule has 2 N–H and O–H groups in total. The Morgan fingerprint density at radius 2 is 1.00 bits per heavy atom. The van der Waals surface area contributed by atoms with E-state index in [2.05, 4.69) is 0 Å². The van der Waals surface area contributed by atoms with Crippen LogP contribution in [0.25, 0.3) is 0 Å². The van der Waals surface area contributed by atoms with Crippen molar-refractivity contribution in [3.05, 3.63) is 59.7 Å². The van der Waals surface area contributed by atoms with Crippen molar-refractivity contribution in [1.29, 1.82) is 0 Å². The summed E-state index contributed by atoms with van der Waals surface area (Å²) in [5.41, 5.74) is 1.83. The van der Waals surface area contributed by atoms with E-state index in [9.17, 15) is 9.59 Å². The average Bonchev–Trinajstić information content (AvgIpc) is 3.04. The third-order valence-corrected chi connectivity index (χ3v) is 8.13. The second-order valence-corrected chi connectivity index (χ2v) is 15.0. The summed E-state index contributed by atoms with van der Waals surface area (Å²) in [4.78, 5) is 20.6. The third kappa shape index (κ3) is 3.64. The lowest BCUT2D eigenvalue weighted by molar-refractivity contribution is -0.129. The molecule has 0 unspecified atom stereocenters. The highest BCUT2D eigenvalue weighted by molar-refractivity contribution is 6.83. The van der Waals surface area contributed by atoms with E-state index >= 15 is 0 Å². The molecule has 0 aromatic heterocycles. The molecule has 0 atom stereocenters. The Hall–Kier alpha value is -1.29. The van der Waals surface area contributed by atoms with Gasteiger partial charge in [0.25, 0.3) is 0 Å². The summed E-state index contributed by atoms with van der Waals surface area (Å²) < 4.78 is 12.1. The summed E-state index contributed by atoms with van der Waals surface area (Å²) in [6.45, 7) is 8.67. The highest BCUT2D eigenvalue weighted by Crippen LogP contribution is 2.37. The molecule has 0 amide bonds. The van der Waals surface area contributed by atoms with Crippen LogP contribution in [0.2, 0.25) is 26.2 Å². The van der Waals surface area contributed by atoms with E-state index < -0.39 is 22.4 Å². The molecule has 0 radical (unpaired) electrons. The van der Waals surface area contributed by atoms with Crippen LogP contribution in [0, 0.1) is 0 Å². The lowest BCUT2D eigenvalue weighted by Crippen LogP contribution is -2.42. The van der Waals surface area contributed by atoms with Gasteiger partial charge in [-0.2, -0.15) is 0 Å². The van der Waals surface area contributed by atoms with Crippen LogP contribution in [-0.2, 0) is 15.3 Å². The smallest absolute Gasteiger partial charge is 0.222 e. The predicted molar refractivity (Wildman–Crippen MR) is 104 cm³/mol. The van der Waals surface area contributed by atoms with Gasteiger partial charge in [-0.3, -0.25) is 0 Å². The molecule has 0 saturated carbocycles. The topological polar surface area (TPSA) is 58.9 Å². The van der Waals surface area contributed by atoms with Crippen molar-refractivity contribution in [3.63, 3.8) is 0 Å². The Morgan fingerprint density at radius 1 is 0.680 bits per heavy atom. The van der Waals surface area contributed by atoms with Crippen LogP contribution in [0.5, 0.6) is 0 Å². The molecule has 4 nitrogen and oxygen atoms in total. The normalized spacial score (nSPS) is 17.7. The van der Waals surface area contributed by atoms with Gasteiger partial charge in [0.2, 0.25) is 22.4 Å². The first-order chi connectivity index (χ1) is 11.6. The van der Waals surface area contributed by atoms with E-state index in [1.54, 1.807) is 0 Å². The average molecular weight is 375 g/mol.